The number of aryl methyl sites for hydroxylation is 2. The Hall–Kier alpha value is -1.89. The van der Waals surface area contributed by atoms with Crippen molar-refractivity contribution in [3.8, 4) is 0 Å². The van der Waals surface area contributed by atoms with Gasteiger partial charge in [-0.15, -0.1) is 0 Å². The predicted octanol–water partition coefficient (Wildman–Crippen LogP) is -0.872. The Kier molecular flexibility index (Phi) is 4.08. The van der Waals surface area contributed by atoms with Gasteiger partial charge in [0.15, 0.2) is 0 Å². The monoisotopic (exact) mass is 279 g/mol. The van der Waals surface area contributed by atoms with Crippen LogP contribution in [0.2, 0.25) is 0 Å². The van der Waals surface area contributed by atoms with Crippen LogP contribution in [0.15, 0.2) is 6.07 Å². The zero-order chi connectivity index (χ0) is 14.9. The Morgan fingerprint density at radius 1 is 1.40 bits per heavy atom. The van der Waals surface area contributed by atoms with Crippen LogP contribution in [0.4, 0.5) is 0 Å². The van der Waals surface area contributed by atoms with Crippen LogP contribution in [0, 0.1) is 13.8 Å². The van der Waals surface area contributed by atoms with Gasteiger partial charge >= 0.3 is 0 Å². The summed E-state index contributed by atoms with van der Waals surface area (Å²) < 4.78 is 1.66. The number of carbonyl (C=O) groups is 2. The molecule has 1 unspecified atom stereocenters. The van der Waals surface area contributed by atoms with Crippen LogP contribution >= 0.6 is 0 Å². The fourth-order valence-electron chi connectivity index (χ4n) is 2.52. The first-order chi connectivity index (χ1) is 9.38. The van der Waals surface area contributed by atoms with E-state index in [-0.39, 0.29) is 12.5 Å². The molecule has 0 saturated carbocycles. The molecule has 1 aromatic rings. The highest BCUT2D eigenvalue weighted by Crippen LogP contribution is 2.10. The fraction of sp³-hybridized carbons (Fsp3) is 0.615. The summed E-state index contributed by atoms with van der Waals surface area (Å²) in [6.07, 6.45) is 0. The normalized spacial score (nSPS) is 20.1. The zero-order valence-electron chi connectivity index (χ0n) is 12.2. The quantitative estimate of drug-likeness (QED) is 0.779. The van der Waals surface area contributed by atoms with E-state index in [0.717, 1.165) is 17.9 Å². The van der Waals surface area contributed by atoms with E-state index >= 15 is 0 Å². The Morgan fingerprint density at radius 3 is 2.65 bits per heavy atom. The lowest BCUT2D eigenvalue weighted by molar-refractivity contribution is -0.143. The van der Waals surface area contributed by atoms with Crippen molar-refractivity contribution in [3.05, 3.63) is 17.5 Å². The standard InChI is InChI=1S/C13H21N5O2/c1-9-6-10(2)18(15-9)8-12(19)17-5-4-16(3)7-11(17)13(14)20/h6,11H,4-5,7-8H2,1-3H3,(H2,14,20). The van der Waals surface area contributed by atoms with Gasteiger partial charge in [0, 0.05) is 25.3 Å². The number of piperazine rings is 1. The smallest absolute Gasteiger partial charge is 0.245 e. The number of hydrogen-bond acceptors (Lipinski definition) is 4. The van der Waals surface area contributed by atoms with E-state index in [4.69, 9.17) is 5.73 Å². The van der Waals surface area contributed by atoms with Crippen molar-refractivity contribution in [1.82, 2.24) is 19.6 Å². The number of hydrogen-bond donors (Lipinski definition) is 1. The molecule has 1 atom stereocenters. The van der Waals surface area contributed by atoms with Crippen LogP contribution in [0.3, 0.4) is 0 Å². The minimum atomic E-state index is -0.557. The van der Waals surface area contributed by atoms with Gasteiger partial charge in [0.25, 0.3) is 0 Å². The molecule has 2 N–H and O–H groups in total. The maximum absolute atomic E-state index is 12.4. The van der Waals surface area contributed by atoms with Crippen molar-refractivity contribution < 1.29 is 9.59 Å². The van der Waals surface area contributed by atoms with Crippen LogP contribution in [-0.2, 0) is 16.1 Å². The first-order valence-electron chi connectivity index (χ1n) is 6.67. The van der Waals surface area contributed by atoms with Gasteiger partial charge in [-0.05, 0) is 27.0 Å². The highest BCUT2D eigenvalue weighted by atomic mass is 16.2. The van der Waals surface area contributed by atoms with Gasteiger partial charge in [-0.25, -0.2) is 0 Å². The summed E-state index contributed by atoms with van der Waals surface area (Å²) in [6.45, 7) is 5.68. The summed E-state index contributed by atoms with van der Waals surface area (Å²) in [5.41, 5.74) is 7.21. The lowest BCUT2D eigenvalue weighted by atomic mass is 10.1. The third-order valence-corrected chi connectivity index (χ3v) is 3.62. The average Bonchev–Trinajstić information content (AvgIpc) is 2.67. The van der Waals surface area contributed by atoms with E-state index in [0.29, 0.717) is 13.1 Å². The Labute approximate surface area is 118 Å². The topological polar surface area (TPSA) is 84.5 Å². The molecule has 2 rings (SSSR count). The van der Waals surface area contributed by atoms with Crippen LogP contribution in [0.1, 0.15) is 11.4 Å². The van der Waals surface area contributed by atoms with Crippen molar-refractivity contribution in [2.45, 2.75) is 26.4 Å². The molecular weight excluding hydrogens is 258 g/mol. The molecule has 1 fully saturated rings. The largest absolute Gasteiger partial charge is 0.368 e. The minimum Gasteiger partial charge on any atom is -0.368 e. The summed E-state index contributed by atoms with van der Waals surface area (Å²) in [5, 5.41) is 4.27. The second kappa shape index (κ2) is 5.62. The lowest BCUT2D eigenvalue weighted by Crippen LogP contribution is -2.59. The van der Waals surface area contributed by atoms with Crippen molar-refractivity contribution >= 4 is 11.8 Å². The highest BCUT2D eigenvalue weighted by molar-refractivity contribution is 5.87. The SMILES string of the molecule is Cc1cc(C)n(CC(=O)N2CCN(C)CC2C(N)=O)n1. The second-order valence-electron chi connectivity index (χ2n) is 5.35. The molecular formula is C13H21N5O2. The minimum absolute atomic E-state index is 0.117. The van der Waals surface area contributed by atoms with Crippen molar-refractivity contribution in [3.63, 3.8) is 0 Å². The first kappa shape index (κ1) is 14.5. The van der Waals surface area contributed by atoms with Gasteiger partial charge in [0.1, 0.15) is 12.6 Å². The van der Waals surface area contributed by atoms with Crippen LogP contribution in [0.5, 0.6) is 0 Å². The molecule has 1 aliphatic heterocycles. The van der Waals surface area contributed by atoms with Gasteiger partial charge in [-0.1, -0.05) is 0 Å². The Balaban J connectivity index is 2.11. The number of rotatable bonds is 3. The van der Waals surface area contributed by atoms with E-state index in [9.17, 15) is 9.59 Å². The molecule has 110 valence electrons. The molecule has 1 saturated heterocycles. The van der Waals surface area contributed by atoms with E-state index in [2.05, 4.69) is 5.10 Å². The maximum Gasteiger partial charge on any atom is 0.245 e. The highest BCUT2D eigenvalue weighted by Gasteiger charge is 2.32. The molecule has 1 aromatic heterocycles. The lowest BCUT2D eigenvalue weighted by Gasteiger charge is -2.38. The fourth-order valence-corrected chi connectivity index (χ4v) is 2.52. The van der Waals surface area contributed by atoms with E-state index in [1.54, 1.807) is 9.58 Å². The molecule has 0 radical (unpaired) electrons. The van der Waals surface area contributed by atoms with Gasteiger partial charge in [-0.2, -0.15) is 5.10 Å². The molecule has 7 nitrogen and oxygen atoms in total. The summed E-state index contributed by atoms with van der Waals surface area (Å²) in [7, 11) is 1.92. The summed E-state index contributed by atoms with van der Waals surface area (Å²) in [6, 6.07) is 1.36. The van der Waals surface area contributed by atoms with Gasteiger partial charge in [-0.3, -0.25) is 14.3 Å². The molecule has 0 bridgehead atoms. The van der Waals surface area contributed by atoms with Crippen molar-refractivity contribution in [2.24, 2.45) is 5.73 Å². The average molecular weight is 279 g/mol. The first-order valence-corrected chi connectivity index (χ1v) is 6.67. The predicted molar refractivity (Wildman–Crippen MR) is 73.9 cm³/mol. The van der Waals surface area contributed by atoms with E-state index in [1.807, 2.05) is 31.9 Å². The number of likely N-dealkylation sites (N-methyl/N-ethyl adjacent to an activating group) is 1. The molecule has 2 heterocycles. The molecule has 0 aromatic carbocycles. The number of amides is 2. The Morgan fingerprint density at radius 2 is 2.10 bits per heavy atom. The Bertz CT molecular complexity index is 525. The molecule has 0 spiro atoms. The van der Waals surface area contributed by atoms with E-state index < -0.39 is 11.9 Å². The molecule has 1 aliphatic rings. The molecule has 7 heteroatoms. The van der Waals surface area contributed by atoms with Gasteiger partial charge in [0.05, 0.1) is 5.69 Å². The summed E-state index contributed by atoms with van der Waals surface area (Å²) in [5.74, 6) is -0.577. The van der Waals surface area contributed by atoms with E-state index in [1.165, 1.54) is 0 Å². The van der Waals surface area contributed by atoms with Crippen LogP contribution < -0.4 is 5.73 Å². The molecule has 20 heavy (non-hydrogen) atoms. The van der Waals surface area contributed by atoms with Crippen LogP contribution in [-0.4, -0.2) is 64.1 Å². The van der Waals surface area contributed by atoms with Crippen molar-refractivity contribution in [1.29, 1.82) is 0 Å². The molecule has 2 amide bonds. The summed E-state index contributed by atoms with van der Waals surface area (Å²) >= 11 is 0. The third-order valence-electron chi connectivity index (χ3n) is 3.62. The number of nitrogens with zero attached hydrogens (tertiary/aromatic N) is 4. The number of nitrogens with two attached hydrogens (primary N) is 1. The van der Waals surface area contributed by atoms with Crippen molar-refractivity contribution in [2.75, 3.05) is 26.7 Å². The zero-order valence-corrected chi connectivity index (χ0v) is 12.2. The maximum atomic E-state index is 12.4. The number of carbonyl (C=O) groups excluding carboxylic acids is 2. The third kappa shape index (κ3) is 2.98. The number of aromatic nitrogens is 2. The van der Waals surface area contributed by atoms with Gasteiger partial charge < -0.3 is 15.5 Å². The van der Waals surface area contributed by atoms with Crippen LogP contribution in [0.25, 0.3) is 0 Å². The number of primary amides is 1. The summed E-state index contributed by atoms with van der Waals surface area (Å²) in [4.78, 5) is 27.5. The van der Waals surface area contributed by atoms with Gasteiger partial charge in [0.2, 0.25) is 11.8 Å². The second-order valence-corrected chi connectivity index (χ2v) is 5.35. The molecule has 0 aliphatic carbocycles.